The molecule has 0 aliphatic heterocycles. The van der Waals surface area contributed by atoms with Crippen LogP contribution in [0.15, 0.2) is 24.3 Å². The van der Waals surface area contributed by atoms with Crippen LogP contribution in [0.1, 0.15) is 44.6 Å². The molecular weight excluding hydrogens is 226 g/mol. The van der Waals surface area contributed by atoms with Crippen LogP contribution in [0.5, 0.6) is 5.75 Å². The van der Waals surface area contributed by atoms with Crippen LogP contribution < -0.4 is 4.74 Å². The highest BCUT2D eigenvalue weighted by Gasteiger charge is 2.28. The van der Waals surface area contributed by atoms with E-state index in [9.17, 15) is 5.11 Å². The molecule has 0 saturated carbocycles. The minimum Gasteiger partial charge on any atom is -0.497 e. The molecule has 0 unspecified atom stereocenters. The highest BCUT2D eigenvalue weighted by molar-refractivity contribution is 5.31. The minimum absolute atomic E-state index is 0.128. The van der Waals surface area contributed by atoms with Crippen LogP contribution in [0.25, 0.3) is 0 Å². The van der Waals surface area contributed by atoms with E-state index in [0.29, 0.717) is 6.42 Å². The molecule has 98 valence electrons. The van der Waals surface area contributed by atoms with E-state index in [1.54, 1.807) is 7.11 Å². The third-order valence-electron chi connectivity index (χ3n) is 3.19. The number of methoxy groups -OCH3 is 1. The summed E-state index contributed by atoms with van der Waals surface area (Å²) >= 11 is 0. The Morgan fingerprint density at radius 2 is 1.94 bits per heavy atom. The van der Waals surface area contributed by atoms with Gasteiger partial charge in [0.1, 0.15) is 11.4 Å². The lowest BCUT2D eigenvalue weighted by atomic mass is 9.86. The zero-order valence-corrected chi connectivity index (χ0v) is 11.1. The summed E-state index contributed by atoms with van der Waals surface area (Å²) in [5.41, 5.74) is -0.239. The van der Waals surface area contributed by atoms with Crippen LogP contribution in [0.3, 0.4) is 0 Å². The van der Waals surface area contributed by atoms with Crippen LogP contribution >= 0.6 is 0 Å². The van der Waals surface area contributed by atoms with E-state index >= 15 is 0 Å². The topological polar surface area (TPSA) is 53.2 Å². The maximum absolute atomic E-state index is 10.6. The van der Waals surface area contributed by atoms with E-state index in [4.69, 9.17) is 10.00 Å². The largest absolute Gasteiger partial charge is 0.497 e. The predicted molar refractivity (Wildman–Crippen MR) is 71.3 cm³/mol. The van der Waals surface area contributed by atoms with Crippen LogP contribution in [-0.4, -0.2) is 12.2 Å². The second-order valence-corrected chi connectivity index (χ2v) is 4.55. The molecule has 1 rings (SSSR count). The van der Waals surface area contributed by atoms with E-state index in [0.717, 1.165) is 30.6 Å². The van der Waals surface area contributed by atoms with Gasteiger partial charge in [0.05, 0.1) is 19.6 Å². The smallest absolute Gasteiger partial charge is 0.118 e. The van der Waals surface area contributed by atoms with Crippen molar-refractivity contribution in [3.63, 3.8) is 0 Å². The number of aliphatic hydroxyl groups is 1. The third-order valence-corrected chi connectivity index (χ3v) is 3.19. The standard InChI is InChI=1S/C15H21NO2/c1-3-4-5-10-15(17,11-12-16)13-6-8-14(18-2)9-7-13/h6-9,17H,3-5,10-11H2,1-2H3/t15-/m1/s1. The molecule has 0 radical (unpaired) electrons. The van der Waals surface area contributed by atoms with Gasteiger partial charge in [0.15, 0.2) is 0 Å². The van der Waals surface area contributed by atoms with Gasteiger partial charge in [-0.05, 0) is 24.1 Å². The molecule has 1 atom stereocenters. The van der Waals surface area contributed by atoms with Crippen molar-refractivity contribution in [2.75, 3.05) is 7.11 Å². The molecule has 0 bridgehead atoms. The Morgan fingerprint density at radius 1 is 1.28 bits per heavy atom. The van der Waals surface area contributed by atoms with Crippen LogP contribution in [-0.2, 0) is 5.60 Å². The first kappa shape index (κ1) is 14.5. The first-order chi connectivity index (χ1) is 8.66. The highest BCUT2D eigenvalue weighted by Crippen LogP contribution is 2.31. The molecule has 0 amide bonds. The molecule has 1 N–H and O–H groups in total. The number of nitrogens with zero attached hydrogens (tertiary/aromatic N) is 1. The van der Waals surface area contributed by atoms with Crippen molar-refractivity contribution in [1.29, 1.82) is 5.26 Å². The highest BCUT2D eigenvalue weighted by atomic mass is 16.5. The molecule has 0 aromatic heterocycles. The van der Waals surface area contributed by atoms with Crippen molar-refractivity contribution >= 4 is 0 Å². The van der Waals surface area contributed by atoms with Gasteiger partial charge in [-0.15, -0.1) is 0 Å². The SMILES string of the molecule is CCCCC[C@@](O)(CC#N)c1ccc(OC)cc1. The van der Waals surface area contributed by atoms with Gasteiger partial charge in [0.2, 0.25) is 0 Å². The lowest BCUT2D eigenvalue weighted by Gasteiger charge is -2.26. The molecule has 0 heterocycles. The Morgan fingerprint density at radius 3 is 2.44 bits per heavy atom. The van der Waals surface area contributed by atoms with Crippen LogP contribution in [0.2, 0.25) is 0 Å². The molecule has 0 spiro atoms. The van der Waals surface area contributed by atoms with E-state index < -0.39 is 5.60 Å². The molecule has 3 heteroatoms. The number of nitriles is 1. The summed E-state index contributed by atoms with van der Waals surface area (Å²) < 4.78 is 5.09. The number of benzene rings is 1. The summed E-state index contributed by atoms with van der Waals surface area (Å²) in [6, 6.07) is 9.39. The van der Waals surface area contributed by atoms with Gasteiger partial charge in [-0.1, -0.05) is 38.3 Å². The van der Waals surface area contributed by atoms with E-state index in [1.165, 1.54) is 0 Å². The fourth-order valence-electron chi connectivity index (χ4n) is 2.03. The molecule has 1 aromatic carbocycles. The Kier molecular flexibility index (Phi) is 5.67. The van der Waals surface area contributed by atoms with Crippen LogP contribution in [0, 0.1) is 11.3 Å². The molecule has 3 nitrogen and oxygen atoms in total. The number of hydrogen-bond acceptors (Lipinski definition) is 3. The molecule has 0 fully saturated rings. The summed E-state index contributed by atoms with van der Waals surface area (Å²) in [5, 5.41) is 19.5. The average Bonchev–Trinajstić information content (AvgIpc) is 2.39. The first-order valence-electron chi connectivity index (χ1n) is 6.40. The van der Waals surface area contributed by atoms with Gasteiger partial charge in [-0.3, -0.25) is 0 Å². The summed E-state index contributed by atoms with van der Waals surface area (Å²) in [5.74, 6) is 0.756. The average molecular weight is 247 g/mol. The Bertz CT molecular complexity index is 394. The molecule has 0 aliphatic carbocycles. The molecular formula is C15H21NO2. The predicted octanol–water partition coefficient (Wildman–Crippen LogP) is 3.38. The Balaban J connectivity index is 2.84. The lowest BCUT2D eigenvalue weighted by Crippen LogP contribution is -2.25. The van der Waals surface area contributed by atoms with Crippen molar-refractivity contribution in [2.45, 2.75) is 44.6 Å². The van der Waals surface area contributed by atoms with Gasteiger partial charge < -0.3 is 9.84 Å². The fourth-order valence-corrected chi connectivity index (χ4v) is 2.03. The van der Waals surface area contributed by atoms with Crippen molar-refractivity contribution < 1.29 is 9.84 Å². The van der Waals surface area contributed by atoms with Crippen molar-refractivity contribution in [2.24, 2.45) is 0 Å². The number of unbranched alkanes of at least 4 members (excludes halogenated alkanes) is 2. The maximum Gasteiger partial charge on any atom is 0.118 e. The zero-order valence-electron chi connectivity index (χ0n) is 11.1. The lowest BCUT2D eigenvalue weighted by molar-refractivity contribution is 0.0295. The van der Waals surface area contributed by atoms with Gasteiger partial charge in [0.25, 0.3) is 0 Å². The molecule has 0 saturated heterocycles. The van der Waals surface area contributed by atoms with E-state index in [-0.39, 0.29) is 6.42 Å². The quantitative estimate of drug-likeness (QED) is 0.751. The number of ether oxygens (including phenoxy) is 1. The third kappa shape index (κ3) is 3.75. The fraction of sp³-hybridized carbons (Fsp3) is 0.533. The van der Waals surface area contributed by atoms with Crippen molar-refractivity contribution in [1.82, 2.24) is 0 Å². The van der Waals surface area contributed by atoms with E-state index in [2.05, 4.69) is 13.0 Å². The number of hydrogen-bond donors (Lipinski definition) is 1. The minimum atomic E-state index is -1.03. The molecule has 0 aliphatic rings. The number of rotatable bonds is 7. The maximum atomic E-state index is 10.6. The summed E-state index contributed by atoms with van der Waals surface area (Å²) in [7, 11) is 1.61. The van der Waals surface area contributed by atoms with Crippen molar-refractivity contribution in [3.8, 4) is 11.8 Å². The van der Waals surface area contributed by atoms with Gasteiger partial charge in [0, 0.05) is 0 Å². The van der Waals surface area contributed by atoms with Crippen molar-refractivity contribution in [3.05, 3.63) is 29.8 Å². The summed E-state index contributed by atoms with van der Waals surface area (Å²) in [4.78, 5) is 0. The summed E-state index contributed by atoms with van der Waals surface area (Å²) in [6.45, 7) is 2.12. The first-order valence-corrected chi connectivity index (χ1v) is 6.40. The van der Waals surface area contributed by atoms with Gasteiger partial charge in [-0.25, -0.2) is 0 Å². The van der Waals surface area contributed by atoms with E-state index in [1.807, 2.05) is 24.3 Å². The second kappa shape index (κ2) is 7.03. The molecule has 18 heavy (non-hydrogen) atoms. The summed E-state index contributed by atoms with van der Waals surface area (Å²) in [6.07, 6.45) is 3.86. The Labute approximate surface area is 109 Å². The second-order valence-electron chi connectivity index (χ2n) is 4.55. The zero-order chi connectivity index (χ0) is 13.4. The molecule has 1 aromatic rings. The van der Waals surface area contributed by atoms with Gasteiger partial charge >= 0.3 is 0 Å². The monoisotopic (exact) mass is 247 g/mol. The van der Waals surface area contributed by atoms with Crippen LogP contribution in [0.4, 0.5) is 0 Å². The van der Waals surface area contributed by atoms with Gasteiger partial charge in [-0.2, -0.15) is 5.26 Å². The normalized spacial score (nSPS) is 13.7. The Hall–Kier alpha value is -1.53.